The zero-order valence-corrected chi connectivity index (χ0v) is 28.6. The van der Waals surface area contributed by atoms with Gasteiger partial charge in [-0.25, -0.2) is 4.98 Å². The zero-order chi connectivity index (χ0) is 35.3. The van der Waals surface area contributed by atoms with E-state index in [2.05, 4.69) is 31.2 Å². The molecule has 3 fully saturated rings. The highest BCUT2D eigenvalue weighted by molar-refractivity contribution is 6.38. The van der Waals surface area contributed by atoms with Crippen LogP contribution >= 0.6 is 0 Å². The second-order valence-electron chi connectivity index (χ2n) is 14.5. The van der Waals surface area contributed by atoms with Crippen LogP contribution in [0.15, 0.2) is 48.9 Å². The summed E-state index contributed by atoms with van der Waals surface area (Å²) in [6.07, 6.45) is 9.16. The molecule has 5 rings (SSSR count). The molecule has 2 saturated carbocycles. The van der Waals surface area contributed by atoms with Gasteiger partial charge in [-0.1, -0.05) is 70.9 Å². The number of benzene rings is 1. The number of likely N-dealkylation sites (tertiary alicyclic amines) is 1. The molecule has 3 aliphatic rings. The minimum atomic E-state index is -1.16. The lowest BCUT2D eigenvalue weighted by Crippen LogP contribution is -2.60. The topological polar surface area (TPSA) is 180 Å². The first-order chi connectivity index (χ1) is 23.4. The number of amides is 5. The maximum Gasteiger partial charge on any atom is 0.289 e. The Bertz CT molecular complexity index is 1540. The molecule has 1 aromatic carbocycles. The monoisotopic (exact) mass is 673 g/mol. The molecular weight excluding hydrogens is 626 g/mol. The summed E-state index contributed by atoms with van der Waals surface area (Å²) in [7, 11) is 0. The molecule has 1 aromatic heterocycles. The molecule has 49 heavy (non-hydrogen) atoms. The fourth-order valence-corrected chi connectivity index (χ4v) is 6.93. The molecule has 2 aliphatic carbocycles. The first kappa shape index (κ1) is 35.6. The Morgan fingerprint density at radius 3 is 2.31 bits per heavy atom. The summed E-state index contributed by atoms with van der Waals surface area (Å²) < 4.78 is 0. The van der Waals surface area contributed by atoms with Gasteiger partial charge in [0.15, 0.2) is 0 Å². The molecule has 6 atom stereocenters. The Hall–Kier alpha value is -4.68. The normalized spacial score (nSPS) is 21.9. The molecule has 262 valence electrons. The second-order valence-corrected chi connectivity index (χ2v) is 14.5. The Labute approximate surface area is 286 Å². The molecule has 5 amide bonds. The van der Waals surface area contributed by atoms with Crippen molar-refractivity contribution in [1.29, 1.82) is 0 Å². The van der Waals surface area contributed by atoms with Crippen molar-refractivity contribution >= 4 is 35.3 Å². The highest BCUT2D eigenvalue weighted by atomic mass is 16.2. The van der Waals surface area contributed by atoms with E-state index in [9.17, 15) is 28.8 Å². The number of Topliss-reactive ketones (excluding diaryl/α,β-unsaturated/α-hetero) is 1. The lowest BCUT2D eigenvalue weighted by atomic mass is 9.85. The summed E-state index contributed by atoms with van der Waals surface area (Å²) in [5.74, 6) is -3.50. The van der Waals surface area contributed by atoms with Crippen LogP contribution in [0.2, 0.25) is 0 Å². The maximum absolute atomic E-state index is 14.6. The van der Waals surface area contributed by atoms with Gasteiger partial charge in [-0.2, -0.15) is 0 Å². The molecule has 1 saturated heterocycles. The van der Waals surface area contributed by atoms with Crippen LogP contribution in [0.3, 0.4) is 0 Å². The summed E-state index contributed by atoms with van der Waals surface area (Å²) in [5.41, 5.74) is -0.256. The van der Waals surface area contributed by atoms with Crippen molar-refractivity contribution in [2.24, 2.45) is 17.3 Å². The van der Waals surface area contributed by atoms with Crippen molar-refractivity contribution in [1.82, 2.24) is 36.1 Å². The van der Waals surface area contributed by atoms with Crippen molar-refractivity contribution in [3.63, 3.8) is 0 Å². The van der Waals surface area contributed by atoms with Gasteiger partial charge >= 0.3 is 0 Å². The van der Waals surface area contributed by atoms with E-state index in [1.54, 1.807) is 35.2 Å². The van der Waals surface area contributed by atoms with Gasteiger partial charge in [-0.15, -0.1) is 0 Å². The molecule has 2 heterocycles. The summed E-state index contributed by atoms with van der Waals surface area (Å²) in [5, 5.41) is 11.2. The van der Waals surface area contributed by atoms with Gasteiger partial charge in [0.1, 0.15) is 23.8 Å². The van der Waals surface area contributed by atoms with E-state index in [1.165, 1.54) is 18.6 Å². The van der Waals surface area contributed by atoms with Crippen LogP contribution in [0.5, 0.6) is 0 Å². The van der Waals surface area contributed by atoms with Crippen molar-refractivity contribution < 1.29 is 28.8 Å². The molecule has 2 aromatic rings. The van der Waals surface area contributed by atoms with Crippen LogP contribution < -0.4 is 21.3 Å². The Morgan fingerprint density at radius 1 is 0.939 bits per heavy atom. The quantitative estimate of drug-likeness (QED) is 0.234. The number of carbonyl (C=O) groups excluding carboxylic acids is 6. The maximum atomic E-state index is 14.6. The van der Waals surface area contributed by atoms with Gasteiger partial charge in [-0.3, -0.25) is 33.8 Å². The zero-order valence-electron chi connectivity index (χ0n) is 28.6. The molecule has 0 unspecified atom stereocenters. The molecule has 13 heteroatoms. The van der Waals surface area contributed by atoms with Crippen LogP contribution in [-0.2, 0) is 24.0 Å². The first-order valence-electron chi connectivity index (χ1n) is 17.3. The SMILES string of the molecule is CCC[C@H](NC(=O)[C@@H]1[C@H]2CCC[C@H]2CN1C(=O)[C@H](NC(=O)[C@@H](NC(=O)c1cnccn1)c1ccccc1)C(C)(C)C)C(=O)C(=O)NC1CC1. The third-order valence-corrected chi connectivity index (χ3v) is 9.65. The van der Waals surface area contributed by atoms with Gasteiger partial charge in [-0.05, 0) is 54.9 Å². The molecule has 4 N–H and O–H groups in total. The van der Waals surface area contributed by atoms with E-state index in [1.807, 2.05) is 27.7 Å². The third kappa shape index (κ3) is 8.49. The Balaban J connectivity index is 1.37. The fourth-order valence-electron chi connectivity index (χ4n) is 6.93. The van der Waals surface area contributed by atoms with Gasteiger partial charge < -0.3 is 26.2 Å². The number of rotatable bonds is 13. The number of hydrogen-bond donors (Lipinski definition) is 4. The molecule has 0 radical (unpaired) electrons. The highest BCUT2D eigenvalue weighted by Crippen LogP contribution is 2.43. The fraction of sp³-hybridized carbons (Fsp3) is 0.556. The van der Waals surface area contributed by atoms with Crippen molar-refractivity contribution in [3.8, 4) is 0 Å². The summed E-state index contributed by atoms with van der Waals surface area (Å²) in [6.45, 7) is 7.69. The van der Waals surface area contributed by atoms with Gasteiger partial charge in [0, 0.05) is 25.0 Å². The minimum Gasteiger partial charge on any atom is -0.347 e. The third-order valence-electron chi connectivity index (χ3n) is 9.65. The van der Waals surface area contributed by atoms with Crippen molar-refractivity contribution in [2.75, 3.05) is 6.54 Å². The molecule has 13 nitrogen and oxygen atoms in total. The largest absolute Gasteiger partial charge is 0.347 e. The van der Waals surface area contributed by atoms with Crippen LogP contribution in [-0.4, -0.2) is 80.9 Å². The predicted molar refractivity (Wildman–Crippen MR) is 179 cm³/mol. The number of nitrogens with zero attached hydrogens (tertiary/aromatic N) is 3. The van der Waals surface area contributed by atoms with E-state index in [0.29, 0.717) is 24.9 Å². The number of ketones is 1. The molecule has 0 spiro atoms. The van der Waals surface area contributed by atoms with E-state index in [-0.39, 0.29) is 23.6 Å². The number of nitrogens with one attached hydrogen (secondary N) is 4. The number of carbonyl (C=O) groups is 6. The smallest absolute Gasteiger partial charge is 0.289 e. The van der Waals surface area contributed by atoms with E-state index in [4.69, 9.17) is 0 Å². The van der Waals surface area contributed by atoms with Gasteiger partial charge in [0.05, 0.1) is 12.2 Å². The number of aromatic nitrogens is 2. The van der Waals surface area contributed by atoms with E-state index >= 15 is 0 Å². The molecular formula is C36H47N7O6. The van der Waals surface area contributed by atoms with Gasteiger partial charge in [0.2, 0.25) is 23.5 Å². The van der Waals surface area contributed by atoms with Crippen LogP contribution in [0.4, 0.5) is 0 Å². The summed E-state index contributed by atoms with van der Waals surface area (Å²) in [4.78, 5) is 91.0. The minimum absolute atomic E-state index is 0.00276. The number of hydrogen-bond acceptors (Lipinski definition) is 8. The van der Waals surface area contributed by atoms with Crippen molar-refractivity contribution in [2.45, 2.75) is 103 Å². The standard InChI is InChI=1S/C36H47N7O6/c1-5-10-25(29(44)34(48)39-23-15-16-23)40-33(47)28-24-14-9-13-22(24)20-43(28)35(49)30(36(2,3)4)42-32(46)27(21-11-7-6-8-12-21)41-31(45)26-19-37-17-18-38-26/h6-8,11-12,17-19,22-25,27-28,30H,5,9-10,13-16,20H2,1-4H3,(H,39,48)(H,40,47)(H,41,45)(H,42,46)/t22-,24-,25-,27-,28-,30-/m0/s1. The average Bonchev–Trinajstić information content (AvgIpc) is 3.65. The van der Waals surface area contributed by atoms with Crippen LogP contribution in [0.25, 0.3) is 0 Å². The molecule has 1 aliphatic heterocycles. The molecule has 0 bridgehead atoms. The van der Waals surface area contributed by atoms with E-state index in [0.717, 1.165) is 32.1 Å². The second kappa shape index (κ2) is 15.3. The van der Waals surface area contributed by atoms with Gasteiger partial charge in [0.25, 0.3) is 11.8 Å². The number of fused-ring (bicyclic) bond motifs is 1. The lowest BCUT2D eigenvalue weighted by molar-refractivity contribution is -0.146. The van der Waals surface area contributed by atoms with Crippen LogP contribution in [0.1, 0.15) is 94.7 Å². The first-order valence-corrected chi connectivity index (χ1v) is 17.3. The average molecular weight is 674 g/mol. The Kier molecular flexibility index (Phi) is 11.1. The van der Waals surface area contributed by atoms with Crippen LogP contribution in [0, 0.1) is 17.3 Å². The Morgan fingerprint density at radius 2 is 1.67 bits per heavy atom. The van der Waals surface area contributed by atoms with E-state index < -0.39 is 64.9 Å². The van der Waals surface area contributed by atoms with Crippen molar-refractivity contribution in [3.05, 3.63) is 60.2 Å². The lowest BCUT2D eigenvalue weighted by Gasteiger charge is -2.37. The summed E-state index contributed by atoms with van der Waals surface area (Å²) in [6, 6.07) is 4.61. The highest BCUT2D eigenvalue weighted by Gasteiger charge is 2.52. The predicted octanol–water partition coefficient (Wildman–Crippen LogP) is 2.24. The summed E-state index contributed by atoms with van der Waals surface area (Å²) >= 11 is 0.